The average Bonchev–Trinajstić information content (AvgIpc) is 2.65. The zero-order valence-electron chi connectivity index (χ0n) is 17.0. The SMILES string of the molecule is Cc1cc(C)cc(C(=O)N2CCCC(C(=O)NCCCCCCC(=O)O)C2)c1. The molecule has 28 heavy (non-hydrogen) atoms. The van der Waals surface area contributed by atoms with E-state index in [-0.39, 0.29) is 24.2 Å². The molecule has 1 aliphatic heterocycles. The molecule has 1 atom stereocenters. The van der Waals surface area contributed by atoms with Gasteiger partial charge in [0.15, 0.2) is 0 Å². The van der Waals surface area contributed by atoms with Gasteiger partial charge in [0.25, 0.3) is 5.91 Å². The number of nitrogens with one attached hydrogen (secondary N) is 1. The van der Waals surface area contributed by atoms with Crippen molar-refractivity contribution in [1.29, 1.82) is 0 Å². The second kappa shape index (κ2) is 10.8. The Bertz CT molecular complexity index is 682. The molecular formula is C22H32N2O4. The number of carboxylic acids is 1. The quantitative estimate of drug-likeness (QED) is 0.636. The molecule has 0 bridgehead atoms. The zero-order chi connectivity index (χ0) is 20.5. The molecule has 1 unspecified atom stereocenters. The molecule has 6 nitrogen and oxygen atoms in total. The van der Waals surface area contributed by atoms with Crippen molar-refractivity contribution < 1.29 is 19.5 Å². The monoisotopic (exact) mass is 388 g/mol. The Kier molecular flexibility index (Phi) is 8.48. The van der Waals surface area contributed by atoms with E-state index < -0.39 is 5.97 Å². The third kappa shape index (κ3) is 6.98. The van der Waals surface area contributed by atoms with E-state index in [2.05, 4.69) is 5.32 Å². The van der Waals surface area contributed by atoms with Gasteiger partial charge < -0.3 is 15.3 Å². The Morgan fingerprint density at radius 3 is 2.43 bits per heavy atom. The molecule has 1 aliphatic rings. The molecule has 1 aromatic rings. The van der Waals surface area contributed by atoms with Crippen LogP contribution in [0.15, 0.2) is 18.2 Å². The molecule has 1 fully saturated rings. The van der Waals surface area contributed by atoms with Gasteiger partial charge in [-0.25, -0.2) is 0 Å². The van der Waals surface area contributed by atoms with Gasteiger partial charge in [-0.2, -0.15) is 0 Å². The third-order valence-electron chi connectivity index (χ3n) is 5.16. The highest BCUT2D eigenvalue weighted by Crippen LogP contribution is 2.20. The molecular weight excluding hydrogens is 356 g/mol. The maximum Gasteiger partial charge on any atom is 0.303 e. The van der Waals surface area contributed by atoms with Crippen LogP contribution in [-0.4, -0.2) is 47.4 Å². The fourth-order valence-electron chi connectivity index (χ4n) is 3.77. The number of piperidine rings is 1. The van der Waals surface area contributed by atoms with Crippen LogP contribution >= 0.6 is 0 Å². The standard InChI is InChI=1S/C22H32N2O4/c1-16-12-17(2)14-19(13-16)22(28)24-11-7-8-18(15-24)21(27)23-10-6-4-3-5-9-20(25)26/h12-14,18H,3-11,15H2,1-2H3,(H,23,27)(H,25,26). The predicted molar refractivity (Wildman–Crippen MR) is 108 cm³/mol. The molecule has 2 amide bonds. The number of carbonyl (C=O) groups is 3. The van der Waals surface area contributed by atoms with Crippen LogP contribution in [-0.2, 0) is 9.59 Å². The number of likely N-dealkylation sites (tertiary alicyclic amines) is 1. The van der Waals surface area contributed by atoms with Gasteiger partial charge in [0.1, 0.15) is 0 Å². The lowest BCUT2D eigenvalue weighted by molar-refractivity contribution is -0.137. The number of aryl methyl sites for hydroxylation is 2. The first kappa shape index (κ1) is 21.9. The van der Waals surface area contributed by atoms with Crippen molar-refractivity contribution in [3.63, 3.8) is 0 Å². The Morgan fingerprint density at radius 1 is 1.07 bits per heavy atom. The number of hydrogen-bond donors (Lipinski definition) is 2. The summed E-state index contributed by atoms with van der Waals surface area (Å²) in [5, 5.41) is 11.6. The van der Waals surface area contributed by atoms with E-state index in [1.54, 1.807) is 4.90 Å². The summed E-state index contributed by atoms with van der Waals surface area (Å²) in [5.74, 6) is -0.896. The van der Waals surface area contributed by atoms with Crippen molar-refractivity contribution in [2.75, 3.05) is 19.6 Å². The molecule has 0 radical (unpaired) electrons. The largest absolute Gasteiger partial charge is 0.481 e. The second-order valence-electron chi connectivity index (χ2n) is 7.82. The topological polar surface area (TPSA) is 86.7 Å². The van der Waals surface area contributed by atoms with Crippen LogP contribution in [0.4, 0.5) is 0 Å². The maximum atomic E-state index is 12.8. The molecule has 2 N–H and O–H groups in total. The number of carboxylic acid groups (broad SMARTS) is 1. The van der Waals surface area contributed by atoms with Crippen molar-refractivity contribution in [3.05, 3.63) is 34.9 Å². The van der Waals surface area contributed by atoms with Crippen LogP contribution in [0.3, 0.4) is 0 Å². The van der Waals surface area contributed by atoms with Crippen LogP contribution in [0, 0.1) is 19.8 Å². The summed E-state index contributed by atoms with van der Waals surface area (Å²) < 4.78 is 0. The lowest BCUT2D eigenvalue weighted by Gasteiger charge is -2.32. The molecule has 154 valence electrons. The van der Waals surface area contributed by atoms with Crippen LogP contribution in [0.25, 0.3) is 0 Å². The first-order valence-electron chi connectivity index (χ1n) is 10.2. The highest BCUT2D eigenvalue weighted by atomic mass is 16.4. The van der Waals surface area contributed by atoms with Crippen molar-refractivity contribution in [1.82, 2.24) is 10.2 Å². The fraction of sp³-hybridized carbons (Fsp3) is 0.591. The molecule has 0 aromatic heterocycles. The van der Waals surface area contributed by atoms with Crippen LogP contribution in [0.5, 0.6) is 0 Å². The molecule has 0 spiro atoms. The van der Waals surface area contributed by atoms with Gasteiger partial charge in [-0.15, -0.1) is 0 Å². The summed E-state index contributed by atoms with van der Waals surface area (Å²) >= 11 is 0. The van der Waals surface area contributed by atoms with Gasteiger partial charge in [-0.05, 0) is 51.7 Å². The molecule has 0 aliphatic carbocycles. The normalized spacial score (nSPS) is 16.6. The van der Waals surface area contributed by atoms with Crippen molar-refractivity contribution in [3.8, 4) is 0 Å². The number of carbonyl (C=O) groups excluding carboxylic acids is 2. The van der Waals surface area contributed by atoms with Gasteiger partial charge in [-0.3, -0.25) is 14.4 Å². The number of benzene rings is 1. The fourth-order valence-corrected chi connectivity index (χ4v) is 3.77. The summed E-state index contributed by atoms with van der Waals surface area (Å²) in [7, 11) is 0. The lowest BCUT2D eigenvalue weighted by Crippen LogP contribution is -2.45. The number of rotatable bonds is 9. The minimum atomic E-state index is -0.759. The Labute approximate surface area is 167 Å². The molecule has 2 rings (SSSR count). The number of amides is 2. The summed E-state index contributed by atoms with van der Waals surface area (Å²) in [6, 6.07) is 5.86. The predicted octanol–water partition coefficient (Wildman–Crippen LogP) is 3.31. The van der Waals surface area contributed by atoms with Crippen LogP contribution < -0.4 is 5.32 Å². The molecule has 1 aromatic carbocycles. The van der Waals surface area contributed by atoms with Crippen molar-refractivity contribution >= 4 is 17.8 Å². The van der Waals surface area contributed by atoms with E-state index in [0.29, 0.717) is 31.6 Å². The maximum absolute atomic E-state index is 12.8. The molecule has 0 saturated carbocycles. The zero-order valence-corrected chi connectivity index (χ0v) is 17.0. The van der Waals surface area contributed by atoms with Gasteiger partial charge in [-0.1, -0.05) is 30.0 Å². The molecule has 6 heteroatoms. The molecule has 1 heterocycles. The molecule has 1 saturated heterocycles. The minimum absolute atomic E-state index is 0.00253. The summed E-state index contributed by atoms with van der Waals surface area (Å²) in [4.78, 5) is 37.6. The van der Waals surface area contributed by atoms with E-state index in [4.69, 9.17) is 5.11 Å². The minimum Gasteiger partial charge on any atom is -0.481 e. The summed E-state index contributed by atoms with van der Waals surface area (Å²) in [5.41, 5.74) is 2.83. The summed E-state index contributed by atoms with van der Waals surface area (Å²) in [6.07, 6.45) is 5.16. The van der Waals surface area contributed by atoms with E-state index in [9.17, 15) is 14.4 Å². The van der Waals surface area contributed by atoms with Crippen molar-refractivity contribution in [2.24, 2.45) is 5.92 Å². The first-order chi connectivity index (χ1) is 13.4. The van der Waals surface area contributed by atoms with E-state index in [0.717, 1.165) is 43.2 Å². The Balaban J connectivity index is 1.76. The average molecular weight is 389 g/mol. The highest BCUT2D eigenvalue weighted by molar-refractivity contribution is 5.95. The second-order valence-corrected chi connectivity index (χ2v) is 7.82. The summed E-state index contributed by atoms with van der Waals surface area (Å²) in [6.45, 7) is 5.73. The van der Waals surface area contributed by atoms with Crippen LogP contribution in [0.2, 0.25) is 0 Å². The highest BCUT2D eigenvalue weighted by Gasteiger charge is 2.28. The third-order valence-corrected chi connectivity index (χ3v) is 5.16. The van der Waals surface area contributed by atoms with Gasteiger partial charge in [0, 0.05) is 31.6 Å². The lowest BCUT2D eigenvalue weighted by atomic mass is 9.96. The van der Waals surface area contributed by atoms with Crippen LogP contribution in [0.1, 0.15) is 66.4 Å². The Hall–Kier alpha value is -2.37. The van der Waals surface area contributed by atoms with Crippen molar-refractivity contribution in [2.45, 2.75) is 58.8 Å². The number of nitrogens with zero attached hydrogens (tertiary/aromatic N) is 1. The number of unbranched alkanes of at least 4 members (excludes halogenated alkanes) is 3. The van der Waals surface area contributed by atoms with Gasteiger partial charge in [0.05, 0.1) is 5.92 Å². The number of aliphatic carboxylic acids is 1. The van der Waals surface area contributed by atoms with Gasteiger partial charge in [0.2, 0.25) is 5.91 Å². The van der Waals surface area contributed by atoms with E-state index >= 15 is 0 Å². The Morgan fingerprint density at radius 2 is 1.75 bits per heavy atom. The van der Waals surface area contributed by atoms with Gasteiger partial charge >= 0.3 is 5.97 Å². The first-order valence-corrected chi connectivity index (χ1v) is 10.2. The number of hydrogen-bond acceptors (Lipinski definition) is 3. The van der Waals surface area contributed by atoms with E-state index in [1.165, 1.54) is 0 Å². The smallest absolute Gasteiger partial charge is 0.303 e. The van der Waals surface area contributed by atoms with E-state index in [1.807, 2.05) is 32.0 Å².